The summed E-state index contributed by atoms with van der Waals surface area (Å²) in [6.07, 6.45) is 6.27. The molecule has 20 heavy (non-hydrogen) atoms. The highest BCUT2D eigenvalue weighted by Crippen LogP contribution is 2.30. The molecule has 0 bridgehead atoms. The molecule has 5 nitrogen and oxygen atoms in total. The van der Waals surface area contributed by atoms with E-state index in [0.717, 1.165) is 24.1 Å². The van der Waals surface area contributed by atoms with Crippen LogP contribution in [0, 0.1) is 0 Å². The van der Waals surface area contributed by atoms with Crippen LogP contribution in [-0.4, -0.2) is 37.7 Å². The average molecular weight is 294 g/mol. The molecule has 1 aromatic rings. The minimum absolute atomic E-state index is 0.221. The number of hydrogen-bond donors (Lipinski definition) is 1. The van der Waals surface area contributed by atoms with Gasteiger partial charge in [0.15, 0.2) is 11.4 Å². The van der Waals surface area contributed by atoms with E-state index in [4.69, 9.17) is 19.9 Å². The van der Waals surface area contributed by atoms with E-state index < -0.39 is 0 Å². The minimum atomic E-state index is -0.221. The van der Waals surface area contributed by atoms with Crippen molar-refractivity contribution in [2.24, 2.45) is 0 Å². The summed E-state index contributed by atoms with van der Waals surface area (Å²) in [5.74, 6) is 0. The Morgan fingerprint density at radius 1 is 1.30 bits per heavy atom. The quantitative estimate of drug-likeness (QED) is 0.902. The van der Waals surface area contributed by atoms with E-state index in [-0.39, 0.29) is 6.29 Å². The zero-order valence-electron chi connectivity index (χ0n) is 11.2. The van der Waals surface area contributed by atoms with E-state index in [1.165, 1.54) is 16.9 Å². The molecule has 0 amide bonds. The van der Waals surface area contributed by atoms with E-state index >= 15 is 0 Å². The van der Waals surface area contributed by atoms with Crippen molar-refractivity contribution in [2.75, 3.05) is 32.2 Å². The van der Waals surface area contributed by atoms with Crippen LogP contribution in [0.15, 0.2) is 23.1 Å². The lowest BCUT2D eigenvalue weighted by Gasteiger charge is -2.16. The van der Waals surface area contributed by atoms with Crippen LogP contribution in [0.3, 0.4) is 0 Å². The molecule has 3 rings (SSSR count). The number of nitrogens with zero attached hydrogens (tertiary/aromatic N) is 1. The smallest absolute Gasteiger partial charge is 0.181 e. The molecule has 1 aliphatic carbocycles. The zero-order chi connectivity index (χ0) is 13.8. The van der Waals surface area contributed by atoms with Gasteiger partial charge in [0, 0.05) is 11.0 Å². The molecule has 0 radical (unpaired) electrons. The van der Waals surface area contributed by atoms with Crippen molar-refractivity contribution >= 4 is 22.0 Å². The summed E-state index contributed by atoms with van der Waals surface area (Å²) in [5, 5.41) is 2.59. The van der Waals surface area contributed by atoms with Crippen LogP contribution in [-0.2, 0) is 14.2 Å². The Kier molecular flexibility index (Phi) is 4.47. The van der Waals surface area contributed by atoms with Crippen molar-refractivity contribution < 1.29 is 14.2 Å². The van der Waals surface area contributed by atoms with Gasteiger partial charge in [-0.15, -0.1) is 11.3 Å². The first kappa shape index (κ1) is 13.8. The number of anilines is 1. The van der Waals surface area contributed by atoms with Gasteiger partial charge in [-0.1, -0.05) is 12.2 Å². The monoisotopic (exact) mass is 294 g/mol. The Morgan fingerprint density at radius 3 is 2.85 bits per heavy atom. The Hall–Kier alpha value is -1.21. The third-order valence-corrected chi connectivity index (χ3v) is 3.93. The van der Waals surface area contributed by atoms with Crippen LogP contribution in [0.25, 0.3) is 5.57 Å². The molecule has 0 spiro atoms. The molecule has 6 heteroatoms. The van der Waals surface area contributed by atoms with E-state index in [9.17, 15) is 0 Å². The fourth-order valence-corrected chi connectivity index (χ4v) is 2.88. The van der Waals surface area contributed by atoms with Gasteiger partial charge in [0.2, 0.25) is 0 Å². The summed E-state index contributed by atoms with van der Waals surface area (Å²) in [7, 11) is 0. The molecule has 2 aliphatic rings. The highest BCUT2D eigenvalue weighted by molar-refractivity contribution is 7.13. The molecule has 0 saturated carbocycles. The molecular weight excluding hydrogens is 276 g/mol. The summed E-state index contributed by atoms with van der Waals surface area (Å²) >= 11 is 1.46. The highest BCUT2D eigenvalue weighted by Gasteiger charge is 2.18. The van der Waals surface area contributed by atoms with Gasteiger partial charge < -0.3 is 19.9 Å². The van der Waals surface area contributed by atoms with Gasteiger partial charge in [-0.25, -0.2) is 4.98 Å². The standard InChI is InChI=1S/C14H18N2O3S/c15-14-16-12(9-20-14)11-4-2-1-3-10(11)7-17-8-13-18-5-6-19-13/h3-4,9,13H,1-2,5-8H2,(H2,15,16). The van der Waals surface area contributed by atoms with Crippen LogP contribution in [0.5, 0.6) is 0 Å². The number of allylic oxidation sites excluding steroid dienone is 2. The maximum absolute atomic E-state index is 5.71. The van der Waals surface area contributed by atoms with Crippen LogP contribution in [0.4, 0.5) is 5.13 Å². The minimum Gasteiger partial charge on any atom is -0.375 e. The molecule has 0 atom stereocenters. The van der Waals surface area contributed by atoms with Gasteiger partial charge in [0.1, 0.15) is 0 Å². The summed E-state index contributed by atoms with van der Waals surface area (Å²) in [4.78, 5) is 4.35. The molecule has 0 aromatic carbocycles. The molecule has 108 valence electrons. The number of rotatable bonds is 5. The second-order valence-electron chi connectivity index (χ2n) is 4.68. The SMILES string of the molecule is Nc1nc(C2=CCCC=C2COCC2OCCO2)cs1. The van der Waals surface area contributed by atoms with Gasteiger partial charge in [-0.3, -0.25) is 0 Å². The number of nitrogen functional groups attached to an aromatic ring is 1. The average Bonchev–Trinajstić information content (AvgIpc) is 3.11. The second kappa shape index (κ2) is 6.49. The zero-order valence-corrected chi connectivity index (χ0v) is 12.0. The number of nitrogens with two attached hydrogens (primary N) is 1. The number of aromatic nitrogens is 1. The van der Waals surface area contributed by atoms with Crippen molar-refractivity contribution in [2.45, 2.75) is 19.1 Å². The van der Waals surface area contributed by atoms with Crippen molar-refractivity contribution in [3.05, 3.63) is 28.8 Å². The third kappa shape index (κ3) is 3.27. The van der Waals surface area contributed by atoms with Crippen LogP contribution in [0.2, 0.25) is 0 Å². The molecule has 1 saturated heterocycles. The summed E-state index contributed by atoms with van der Waals surface area (Å²) in [5.41, 5.74) is 8.95. The van der Waals surface area contributed by atoms with Crippen molar-refractivity contribution in [1.82, 2.24) is 4.98 Å². The van der Waals surface area contributed by atoms with E-state index in [0.29, 0.717) is 31.6 Å². The molecule has 2 heterocycles. The fraction of sp³-hybridized carbons (Fsp3) is 0.500. The number of ether oxygens (including phenoxy) is 3. The Bertz CT molecular complexity index is 518. The highest BCUT2D eigenvalue weighted by atomic mass is 32.1. The molecule has 1 aliphatic heterocycles. The molecular formula is C14H18N2O3S. The number of thiazole rings is 1. The van der Waals surface area contributed by atoms with Crippen molar-refractivity contribution in [3.8, 4) is 0 Å². The van der Waals surface area contributed by atoms with Crippen LogP contribution < -0.4 is 5.73 Å². The van der Waals surface area contributed by atoms with Gasteiger partial charge in [-0.05, 0) is 18.4 Å². The Morgan fingerprint density at radius 2 is 2.10 bits per heavy atom. The fourth-order valence-electron chi connectivity index (χ4n) is 2.31. The van der Waals surface area contributed by atoms with Crippen molar-refractivity contribution in [1.29, 1.82) is 0 Å². The summed E-state index contributed by atoms with van der Waals surface area (Å²) < 4.78 is 16.4. The maximum atomic E-state index is 5.71. The lowest BCUT2D eigenvalue weighted by molar-refractivity contribution is -0.0904. The first-order valence-corrected chi connectivity index (χ1v) is 7.63. The van der Waals surface area contributed by atoms with E-state index in [1.54, 1.807) is 0 Å². The predicted octanol–water partition coefficient (Wildman–Crippen LogP) is 2.22. The Labute approximate surface area is 122 Å². The van der Waals surface area contributed by atoms with E-state index in [2.05, 4.69) is 17.1 Å². The van der Waals surface area contributed by atoms with Crippen LogP contribution >= 0.6 is 11.3 Å². The Balaban J connectivity index is 1.59. The summed E-state index contributed by atoms with van der Waals surface area (Å²) in [6, 6.07) is 0. The maximum Gasteiger partial charge on any atom is 0.181 e. The lowest BCUT2D eigenvalue weighted by atomic mass is 9.96. The first-order chi connectivity index (χ1) is 9.83. The largest absolute Gasteiger partial charge is 0.375 e. The van der Waals surface area contributed by atoms with Gasteiger partial charge in [0.25, 0.3) is 0 Å². The van der Waals surface area contributed by atoms with E-state index in [1.807, 2.05) is 5.38 Å². The second-order valence-corrected chi connectivity index (χ2v) is 5.57. The third-order valence-electron chi connectivity index (χ3n) is 3.25. The van der Waals surface area contributed by atoms with Gasteiger partial charge in [-0.2, -0.15) is 0 Å². The molecule has 1 aromatic heterocycles. The van der Waals surface area contributed by atoms with Crippen molar-refractivity contribution in [3.63, 3.8) is 0 Å². The van der Waals surface area contributed by atoms with Gasteiger partial charge >= 0.3 is 0 Å². The number of hydrogen-bond acceptors (Lipinski definition) is 6. The molecule has 2 N–H and O–H groups in total. The lowest BCUT2D eigenvalue weighted by Crippen LogP contribution is -2.17. The predicted molar refractivity (Wildman–Crippen MR) is 78.3 cm³/mol. The van der Waals surface area contributed by atoms with Gasteiger partial charge in [0.05, 0.1) is 32.1 Å². The topological polar surface area (TPSA) is 66.6 Å². The first-order valence-electron chi connectivity index (χ1n) is 6.75. The van der Waals surface area contributed by atoms with Crippen LogP contribution in [0.1, 0.15) is 18.5 Å². The molecule has 1 fully saturated rings. The summed E-state index contributed by atoms with van der Waals surface area (Å²) in [6.45, 7) is 2.32. The normalized spacial score (nSPS) is 20.0. The molecule has 0 unspecified atom stereocenters.